The van der Waals surface area contributed by atoms with Crippen molar-refractivity contribution in [3.05, 3.63) is 29.0 Å². The van der Waals surface area contributed by atoms with Crippen LogP contribution in [0.3, 0.4) is 0 Å². The van der Waals surface area contributed by atoms with Gasteiger partial charge in [0, 0.05) is 0 Å². The molecule has 1 aliphatic rings. The van der Waals surface area contributed by atoms with E-state index in [-0.39, 0.29) is 11.6 Å². The van der Waals surface area contributed by atoms with Crippen LogP contribution in [0.25, 0.3) is 0 Å². The van der Waals surface area contributed by atoms with Crippen LogP contribution < -0.4 is 4.72 Å². The second-order valence-corrected chi connectivity index (χ2v) is 7.84. The van der Waals surface area contributed by atoms with E-state index in [9.17, 15) is 17.9 Å². The van der Waals surface area contributed by atoms with Crippen molar-refractivity contribution in [1.29, 1.82) is 0 Å². The molecule has 1 aromatic rings. The fourth-order valence-electron chi connectivity index (χ4n) is 2.64. The van der Waals surface area contributed by atoms with E-state index in [4.69, 9.17) is 11.6 Å². The van der Waals surface area contributed by atoms with Gasteiger partial charge in [-0.3, -0.25) is 0 Å². The Balaban J connectivity index is 2.30. The van der Waals surface area contributed by atoms with Crippen LogP contribution in [0.2, 0.25) is 5.02 Å². The van der Waals surface area contributed by atoms with Crippen molar-refractivity contribution in [3.8, 4) is 0 Å². The normalized spacial score (nSPS) is 26.8. The molecule has 1 aromatic carbocycles. The smallest absolute Gasteiger partial charge is 0.244 e. The van der Waals surface area contributed by atoms with E-state index in [1.165, 1.54) is 18.2 Å². The molecule has 1 fully saturated rings. The number of rotatable bonds is 4. The molecule has 0 radical (unpaired) electrons. The maximum atomic E-state index is 13.9. The van der Waals surface area contributed by atoms with E-state index < -0.39 is 26.3 Å². The van der Waals surface area contributed by atoms with Gasteiger partial charge in [-0.15, -0.1) is 0 Å². The van der Waals surface area contributed by atoms with Gasteiger partial charge in [-0.05, 0) is 43.7 Å². The number of aliphatic hydroxyl groups is 1. The van der Waals surface area contributed by atoms with Crippen LogP contribution in [0.1, 0.15) is 32.6 Å². The fourth-order valence-corrected chi connectivity index (χ4v) is 4.42. The molecule has 0 spiro atoms. The molecular weight excluding hydrogens is 317 g/mol. The molecule has 21 heavy (non-hydrogen) atoms. The molecule has 0 aromatic heterocycles. The van der Waals surface area contributed by atoms with Crippen molar-refractivity contribution in [2.24, 2.45) is 5.92 Å². The third-order valence-electron chi connectivity index (χ3n) is 4.09. The second-order valence-electron chi connectivity index (χ2n) is 5.78. The van der Waals surface area contributed by atoms with Crippen molar-refractivity contribution in [3.63, 3.8) is 0 Å². The summed E-state index contributed by atoms with van der Waals surface area (Å²) in [6.07, 6.45) is 2.71. The van der Waals surface area contributed by atoms with Crippen molar-refractivity contribution < 1.29 is 17.9 Å². The average molecular weight is 336 g/mol. The number of sulfonamides is 1. The number of benzene rings is 1. The lowest BCUT2D eigenvalue weighted by atomic mass is 9.78. The van der Waals surface area contributed by atoms with Gasteiger partial charge in [0.25, 0.3) is 0 Å². The van der Waals surface area contributed by atoms with Crippen LogP contribution in [-0.4, -0.2) is 25.7 Å². The van der Waals surface area contributed by atoms with Crippen molar-refractivity contribution >= 4 is 21.6 Å². The first kappa shape index (κ1) is 16.7. The minimum Gasteiger partial charge on any atom is -0.394 e. The molecule has 0 unspecified atom stereocenters. The van der Waals surface area contributed by atoms with E-state index in [0.29, 0.717) is 18.8 Å². The molecule has 118 valence electrons. The molecule has 1 saturated carbocycles. The number of nitrogens with one attached hydrogen (secondary N) is 1. The van der Waals surface area contributed by atoms with Gasteiger partial charge in [0.15, 0.2) is 5.82 Å². The zero-order chi connectivity index (χ0) is 15.7. The first-order valence-corrected chi connectivity index (χ1v) is 8.75. The van der Waals surface area contributed by atoms with Crippen molar-refractivity contribution in [2.45, 2.75) is 43.0 Å². The molecule has 2 N–H and O–H groups in total. The average Bonchev–Trinajstić information content (AvgIpc) is 2.44. The van der Waals surface area contributed by atoms with Gasteiger partial charge in [-0.1, -0.05) is 24.6 Å². The summed E-state index contributed by atoms with van der Waals surface area (Å²) in [4.78, 5) is -0.485. The predicted octanol–water partition coefficient (Wildman–Crippen LogP) is 2.70. The van der Waals surface area contributed by atoms with Gasteiger partial charge in [0.05, 0.1) is 17.2 Å². The topological polar surface area (TPSA) is 66.4 Å². The van der Waals surface area contributed by atoms with E-state index in [0.717, 1.165) is 12.8 Å². The molecule has 1 aliphatic carbocycles. The minimum atomic E-state index is -4.07. The molecule has 0 aliphatic heterocycles. The Bertz CT molecular complexity index is 613. The third-order valence-corrected chi connectivity index (χ3v) is 5.98. The molecule has 2 rings (SSSR count). The van der Waals surface area contributed by atoms with Gasteiger partial charge >= 0.3 is 0 Å². The molecule has 7 heteroatoms. The second kappa shape index (κ2) is 6.20. The molecule has 0 atom stereocenters. The van der Waals surface area contributed by atoms with Gasteiger partial charge in [0.2, 0.25) is 10.0 Å². The number of aliphatic hydroxyl groups excluding tert-OH is 1. The Hall–Kier alpha value is -0.690. The maximum absolute atomic E-state index is 13.9. The summed E-state index contributed by atoms with van der Waals surface area (Å²) in [6.45, 7) is 1.79. The van der Waals surface area contributed by atoms with E-state index in [1.807, 2.05) is 0 Å². The molecule has 0 heterocycles. The number of halogens is 2. The van der Waals surface area contributed by atoms with Crippen LogP contribution >= 0.6 is 11.6 Å². The third kappa shape index (κ3) is 3.56. The Morgan fingerprint density at radius 2 is 2.05 bits per heavy atom. The Labute approximate surface area is 129 Å². The van der Waals surface area contributed by atoms with Crippen LogP contribution in [0.5, 0.6) is 0 Å². The van der Waals surface area contributed by atoms with Gasteiger partial charge < -0.3 is 5.11 Å². The fraction of sp³-hybridized carbons (Fsp3) is 0.571. The summed E-state index contributed by atoms with van der Waals surface area (Å²) in [5.41, 5.74) is -0.917. The largest absolute Gasteiger partial charge is 0.394 e. The van der Waals surface area contributed by atoms with Crippen LogP contribution in [0, 0.1) is 11.7 Å². The highest BCUT2D eigenvalue weighted by Gasteiger charge is 2.38. The Kier molecular flexibility index (Phi) is 4.92. The van der Waals surface area contributed by atoms with Crippen molar-refractivity contribution in [2.75, 3.05) is 6.61 Å². The Morgan fingerprint density at radius 1 is 1.43 bits per heavy atom. The number of hydrogen-bond donors (Lipinski definition) is 2. The van der Waals surface area contributed by atoms with Crippen LogP contribution in [0.4, 0.5) is 4.39 Å². The summed E-state index contributed by atoms with van der Waals surface area (Å²) < 4.78 is 41.2. The summed E-state index contributed by atoms with van der Waals surface area (Å²) >= 11 is 5.63. The molecular formula is C14H19ClFNO3S. The van der Waals surface area contributed by atoms with E-state index in [2.05, 4.69) is 11.6 Å². The van der Waals surface area contributed by atoms with Gasteiger partial charge in [-0.25, -0.2) is 17.5 Å². The SMILES string of the molecule is CC1CCC(CO)(NS(=O)(=O)c2cccc(Cl)c2F)CC1. The number of hydrogen-bond acceptors (Lipinski definition) is 3. The first-order valence-electron chi connectivity index (χ1n) is 6.88. The van der Waals surface area contributed by atoms with Crippen LogP contribution in [0.15, 0.2) is 23.1 Å². The van der Waals surface area contributed by atoms with Crippen molar-refractivity contribution in [1.82, 2.24) is 4.72 Å². The van der Waals surface area contributed by atoms with Gasteiger partial charge in [0.1, 0.15) is 4.90 Å². The lowest BCUT2D eigenvalue weighted by molar-refractivity contribution is 0.125. The lowest BCUT2D eigenvalue weighted by Gasteiger charge is -2.38. The minimum absolute atomic E-state index is 0.242. The highest BCUT2D eigenvalue weighted by atomic mass is 35.5. The zero-order valence-corrected chi connectivity index (χ0v) is 13.3. The summed E-state index contributed by atoms with van der Waals surface area (Å²) in [5.74, 6) is -0.471. The van der Waals surface area contributed by atoms with E-state index >= 15 is 0 Å². The summed E-state index contributed by atoms with van der Waals surface area (Å²) in [7, 11) is -4.07. The standard InChI is InChI=1S/C14H19ClFNO3S/c1-10-5-7-14(9-18,8-6-10)17-21(19,20)12-4-2-3-11(15)13(12)16/h2-4,10,17-18H,5-9H2,1H3. The molecule has 0 amide bonds. The monoisotopic (exact) mass is 335 g/mol. The van der Waals surface area contributed by atoms with E-state index in [1.54, 1.807) is 0 Å². The highest BCUT2D eigenvalue weighted by Crippen LogP contribution is 2.33. The summed E-state index contributed by atoms with van der Waals surface area (Å²) in [5, 5.41) is 9.37. The maximum Gasteiger partial charge on any atom is 0.244 e. The Morgan fingerprint density at radius 3 is 2.62 bits per heavy atom. The van der Waals surface area contributed by atoms with Crippen LogP contribution in [-0.2, 0) is 10.0 Å². The molecule has 0 saturated heterocycles. The first-order chi connectivity index (χ1) is 9.80. The quantitative estimate of drug-likeness (QED) is 0.889. The zero-order valence-electron chi connectivity index (χ0n) is 11.8. The predicted molar refractivity (Wildman–Crippen MR) is 79.2 cm³/mol. The molecule has 0 bridgehead atoms. The summed E-state index contributed by atoms with van der Waals surface area (Å²) in [6, 6.07) is 3.84. The highest BCUT2D eigenvalue weighted by molar-refractivity contribution is 7.89. The molecule has 4 nitrogen and oxygen atoms in total. The lowest BCUT2D eigenvalue weighted by Crippen LogP contribution is -2.53. The van der Waals surface area contributed by atoms with Gasteiger partial charge in [-0.2, -0.15) is 0 Å².